The van der Waals surface area contributed by atoms with Gasteiger partial charge < -0.3 is 10.1 Å². The quantitative estimate of drug-likeness (QED) is 0.507. The zero-order valence-electron chi connectivity index (χ0n) is 14.4. The van der Waals surface area contributed by atoms with Crippen LogP contribution in [0.5, 0.6) is 5.75 Å². The van der Waals surface area contributed by atoms with Gasteiger partial charge in [-0.1, -0.05) is 15.9 Å². The Morgan fingerprint density at radius 1 is 1.04 bits per heavy atom. The fourth-order valence-electron chi connectivity index (χ4n) is 2.04. The van der Waals surface area contributed by atoms with Crippen molar-refractivity contribution in [1.29, 1.82) is 0 Å². The summed E-state index contributed by atoms with van der Waals surface area (Å²) in [6.07, 6.45) is 1.68. The Labute approximate surface area is 160 Å². The molecule has 0 unspecified atom stereocenters. The summed E-state index contributed by atoms with van der Waals surface area (Å²) in [5, 5.41) is 6.62. The largest absolute Gasteiger partial charge is 0.494 e. The molecule has 2 N–H and O–H groups in total. The van der Waals surface area contributed by atoms with E-state index in [2.05, 4.69) is 31.8 Å². The van der Waals surface area contributed by atoms with Gasteiger partial charge >= 0.3 is 0 Å². The second-order valence-electron chi connectivity index (χ2n) is 5.35. The number of anilines is 1. The molecular weight excluding hydrogens is 398 g/mol. The summed E-state index contributed by atoms with van der Waals surface area (Å²) in [7, 11) is 0. The topological polar surface area (TPSA) is 79.8 Å². The van der Waals surface area contributed by atoms with Crippen molar-refractivity contribution < 1.29 is 14.3 Å². The van der Waals surface area contributed by atoms with Crippen molar-refractivity contribution in [2.24, 2.45) is 5.10 Å². The van der Waals surface area contributed by atoms with Gasteiger partial charge in [0.2, 0.25) is 11.8 Å². The molecule has 0 spiro atoms. The second-order valence-corrected chi connectivity index (χ2v) is 6.27. The summed E-state index contributed by atoms with van der Waals surface area (Å²) in [6, 6.07) is 14.6. The minimum absolute atomic E-state index is 0.0585. The van der Waals surface area contributed by atoms with Gasteiger partial charge in [0, 0.05) is 23.0 Å². The first-order chi connectivity index (χ1) is 12.6. The molecule has 0 saturated carbocycles. The highest BCUT2D eigenvalue weighted by atomic mass is 79.9. The Morgan fingerprint density at radius 3 is 2.35 bits per heavy atom. The van der Waals surface area contributed by atoms with Gasteiger partial charge in [-0.15, -0.1) is 0 Å². The van der Waals surface area contributed by atoms with Crippen LogP contribution in [0.15, 0.2) is 58.1 Å². The fourth-order valence-corrected chi connectivity index (χ4v) is 2.30. The molecule has 0 aliphatic heterocycles. The minimum atomic E-state index is -0.321. The number of amides is 2. The first-order valence-corrected chi connectivity index (χ1v) is 8.96. The van der Waals surface area contributed by atoms with E-state index in [1.165, 1.54) is 6.21 Å². The molecule has 6 nitrogen and oxygen atoms in total. The summed E-state index contributed by atoms with van der Waals surface area (Å²) >= 11 is 3.33. The van der Waals surface area contributed by atoms with E-state index in [9.17, 15) is 9.59 Å². The third-order valence-corrected chi connectivity index (χ3v) is 3.83. The van der Waals surface area contributed by atoms with E-state index in [1.54, 1.807) is 12.1 Å². The molecule has 0 radical (unpaired) electrons. The molecule has 2 aromatic carbocycles. The van der Waals surface area contributed by atoms with E-state index >= 15 is 0 Å². The number of nitrogens with zero attached hydrogens (tertiary/aromatic N) is 1. The fraction of sp³-hybridized carbons (Fsp3) is 0.211. The van der Waals surface area contributed by atoms with E-state index in [1.807, 2.05) is 43.3 Å². The Bertz CT molecular complexity index is 759. The SMILES string of the molecule is CCOc1ccc(/C=N\NC(=O)CCC(=O)Nc2ccc(Br)cc2)cc1. The second kappa shape index (κ2) is 10.4. The lowest BCUT2D eigenvalue weighted by Gasteiger charge is -2.05. The van der Waals surface area contributed by atoms with Gasteiger partial charge in [0.1, 0.15) is 5.75 Å². The maximum atomic E-state index is 11.8. The average molecular weight is 418 g/mol. The Morgan fingerprint density at radius 2 is 1.69 bits per heavy atom. The van der Waals surface area contributed by atoms with Gasteiger partial charge in [0.05, 0.1) is 12.8 Å². The van der Waals surface area contributed by atoms with Crippen LogP contribution < -0.4 is 15.5 Å². The molecule has 0 atom stereocenters. The lowest BCUT2D eigenvalue weighted by molar-refractivity contribution is -0.124. The van der Waals surface area contributed by atoms with Gasteiger partial charge in [-0.2, -0.15) is 5.10 Å². The van der Waals surface area contributed by atoms with Crippen LogP contribution in [-0.4, -0.2) is 24.6 Å². The van der Waals surface area contributed by atoms with Crippen LogP contribution in [0.4, 0.5) is 5.69 Å². The van der Waals surface area contributed by atoms with E-state index < -0.39 is 0 Å². The van der Waals surface area contributed by atoms with Crippen molar-refractivity contribution in [3.8, 4) is 5.75 Å². The molecule has 0 heterocycles. The van der Waals surface area contributed by atoms with Crippen molar-refractivity contribution in [3.05, 3.63) is 58.6 Å². The van der Waals surface area contributed by atoms with Gasteiger partial charge in [-0.05, 0) is 61.0 Å². The number of hydrazone groups is 1. The highest BCUT2D eigenvalue weighted by Gasteiger charge is 2.06. The lowest BCUT2D eigenvalue weighted by atomic mass is 10.2. The zero-order valence-corrected chi connectivity index (χ0v) is 16.0. The molecule has 0 aliphatic rings. The van der Waals surface area contributed by atoms with Crippen molar-refractivity contribution in [2.75, 3.05) is 11.9 Å². The third kappa shape index (κ3) is 7.06. The standard InChI is InChI=1S/C19H20BrN3O3/c1-2-26-17-9-3-14(4-10-17)13-21-23-19(25)12-11-18(24)22-16-7-5-15(20)6-8-16/h3-10,13H,2,11-12H2,1H3,(H,22,24)(H,23,25)/b21-13-. The first-order valence-electron chi connectivity index (χ1n) is 8.17. The lowest BCUT2D eigenvalue weighted by Crippen LogP contribution is -2.20. The molecular formula is C19H20BrN3O3. The Balaban J connectivity index is 1.70. The molecule has 136 valence electrons. The van der Waals surface area contributed by atoms with Crippen LogP contribution in [0.2, 0.25) is 0 Å². The zero-order chi connectivity index (χ0) is 18.8. The summed E-state index contributed by atoms with van der Waals surface area (Å²) in [4.78, 5) is 23.6. The molecule has 0 bridgehead atoms. The van der Waals surface area contributed by atoms with Crippen LogP contribution in [0.3, 0.4) is 0 Å². The molecule has 26 heavy (non-hydrogen) atoms. The Hall–Kier alpha value is -2.67. The third-order valence-electron chi connectivity index (χ3n) is 3.30. The number of halogens is 1. The highest BCUT2D eigenvalue weighted by molar-refractivity contribution is 9.10. The molecule has 0 aromatic heterocycles. The van der Waals surface area contributed by atoms with Crippen LogP contribution in [-0.2, 0) is 9.59 Å². The number of benzene rings is 2. The maximum absolute atomic E-state index is 11.8. The normalized spacial score (nSPS) is 10.5. The number of nitrogens with one attached hydrogen (secondary N) is 2. The predicted octanol–water partition coefficient (Wildman–Crippen LogP) is 3.72. The summed E-state index contributed by atoms with van der Waals surface area (Å²) < 4.78 is 6.28. The van der Waals surface area contributed by atoms with Crippen molar-refractivity contribution in [2.45, 2.75) is 19.8 Å². The smallest absolute Gasteiger partial charge is 0.240 e. The van der Waals surface area contributed by atoms with Gasteiger partial charge in [0.25, 0.3) is 0 Å². The van der Waals surface area contributed by atoms with Gasteiger partial charge in [-0.25, -0.2) is 5.43 Å². The Kier molecular flexibility index (Phi) is 7.82. The van der Waals surface area contributed by atoms with E-state index in [-0.39, 0.29) is 24.7 Å². The van der Waals surface area contributed by atoms with E-state index in [0.717, 1.165) is 15.8 Å². The number of ether oxygens (including phenoxy) is 1. The number of carbonyl (C=O) groups excluding carboxylic acids is 2. The highest BCUT2D eigenvalue weighted by Crippen LogP contribution is 2.14. The summed E-state index contributed by atoms with van der Waals surface area (Å²) in [5.41, 5.74) is 3.93. The molecule has 0 fully saturated rings. The van der Waals surface area contributed by atoms with E-state index in [4.69, 9.17) is 4.74 Å². The number of hydrogen-bond acceptors (Lipinski definition) is 4. The monoisotopic (exact) mass is 417 g/mol. The number of hydrogen-bond donors (Lipinski definition) is 2. The van der Waals surface area contributed by atoms with Crippen LogP contribution >= 0.6 is 15.9 Å². The maximum Gasteiger partial charge on any atom is 0.240 e. The van der Waals surface area contributed by atoms with E-state index in [0.29, 0.717) is 12.3 Å². The van der Waals surface area contributed by atoms with Crippen LogP contribution in [0, 0.1) is 0 Å². The van der Waals surface area contributed by atoms with Crippen molar-refractivity contribution in [1.82, 2.24) is 5.43 Å². The van der Waals surface area contributed by atoms with Crippen molar-refractivity contribution in [3.63, 3.8) is 0 Å². The number of carbonyl (C=O) groups is 2. The molecule has 2 amide bonds. The predicted molar refractivity (Wildman–Crippen MR) is 105 cm³/mol. The van der Waals surface area contributed by atoms with Gasteiger partial charge in [-0.3, -0.25) is 9.59 Å². The summed E-state index contributed by atoms with van der Waals surface area (Å²) in [6.45, 7) is 2.53. The average Bonchev–Trinajstić information content (AvgIpc) is 2.64. The van der Waals surface area contributed by atoms with Crippen molar-refractivity contribution >= 4 is 39.6 Å². The molecule has 7 heteroatoms. The molecule has 2 rings (SSSR count). The minimum Gasteiger partial charge on any atom is -0.494 e. The number of rotatable bonds is 8. The first kappa shape index (κ1) is 19.7. The summed E-state index contributed by atoms with van der Waals surface area (Å²) in [5.74, 6) is 0.238. The van der Waals surface area contributed by atoms with Crippen LogP contribution in [0.1, 0.15) is 25.3 Å². The van der Waals surface area contributed by atoms with Crippen LogP contribution in [0.25, 0.3) is 0 Å². The molecule has 2 aromatic rings. The molecule has 0 aliphatic carbocycles. The van der Waals surface area contributed by atoms with Gasteiger partial charge in [0.15, 0.2) is 0 Å². The molecule has 0 saturated heterocycles.